The molecule has 0 aliphatic carbocycles. The van der Waals surface area contributed by atoms with Crippen LogP contribution < -0.4 is 4.74 Å². The molecule has 2 aliphatic heterocycles. The van der Waals surface area contributed by atoms with Gasteiger partial charge in [-0.2, -0.15) is 0 Å². The summed E-state index contributed by atoms with van der Waals surface area (Å²) in [5.74, 6) is -0.142. The second-order valence-corrected chi connectivity index (χ2v) is 11.4. The summed E-state index contributed by atoms with van der Waals surface area (Å²) in [6.45, 7) is 2.80. The number of aryl methyl sites for hydroxylation is 1. The second kappa shape index (κ2) is 11.5. The molecule has 2 saturated heterocycles. The molecule has 1 amide bonds. The van der Waals surface area contributed by atoms with Crippen LogP contribution in [-0.2, 0) is 20.8 Å². The standard InChI is InChI=1S/C29H31NO6S2/c1-19-6-11-23(24(15-19)25-5-4-14-37-25)27(31)36-22-12-13-35-29(16-22,34-3)26-18-38-28(32)30(26)17-20-7-9-21(33-2)10-8-20/h4-11,14-15,22,26H,12-13,16-18H2,1-3H3/t22?,26-,29?/m0/s1. The number of hydrogen-bond donors (Lipinski definition) is 0. The van der Waals surface area contributed by atoms with Crippen LogP contribution in [-0.4, -0.2) is 60.6 Å². The van der Waals surface area contributed by atoms with E-state index >= 15 is 0 Å². The van der Waals surface area contributed by atoms with Crippen molar-refractivity contribution in [1.29, 1.82) is 0 Å². The second-order valence-electron chi connectivity index (χ2n) is 9.48. The molecule has 3 aromatic rings. The Labute approximate surface area is 231 Å². The van der Waals surface area contributed by atoms with Gasteiger partial charge >= 0.3 is 5.97 Å². The zero-order valence-electron chi connectivity index (χ0n) is 21.7. The Morgan fingerprint density at radius 1 is 1.16 bits per heavy atom. The summed E-state index contributed by atoms with van der Waals surface area (Å²) in [5, 5.41) is 1.97. The van der Waals surface area contributed by atoms with Gasteiger partial charge in [-0.05, 0) is 48.2 Å². The highest BCUT2D eigenvalue weighted by atomic mass is 32.2. The molecule has 0 N–H and O–H groups in total. The number of methoxy groups -OCH3 is 2. The Bertz CT molecular complexity index is 1280. The van der Waals surface area contributed by atoms with Gasteiger partial charge in [-0.15, -0.1) is 11.3 Å². The number of benzene rings is 2. The summed E-state index contributed by atoms with van der Waals surface area (Å²) in [7, 11) is 3.22. The Morgan fingerprint density at radius 3 is 2.68 bits per heavy atom. The third kappa shape index (κ3) is 5.47. The maximum absolute atomic E-state index is 13.4. The van der Waals surface area contributed by atoms with Crippen LogP contribution in [0.4, 0.5) is 4.79 Å². The summed E-state index contributed by atoms with van der Waals surface area (Å²) in [6.07, 6.45) is 0.494. The van der Waals surface area contributed by atoms with E-state index in [-0.39, 0.29) is 17.3 Å². The molecular weight excluding hydrogens is 522 g/mol. The van der Waals surface area contributed by atoms with Crippen LogP contribution in [0.5, 0.6) is 5.75 Å². The fourth-order valence-electron chi connectivity index (χ4n) is 5.06. The Balaban J connectivity index is 1.34. The number of amides is 1. The van der Waals surface area contributed by atoms with Crippen molar-refractivity contribution in [3.8, 4) is 16.2 Å². The van der Waals surface area contributed by atoms with E-state index in [1.165, 1.54) is 11.8 Å². The van der Waals surface area contributed by atoms with E-state index in [9.17, 15) is 9.59 Å². The van der Waals surface area contributed by atoms with Crippen molar-refractivity contribution >= 4 is 34.3 Å². The predicted molar refractivity (Wildman–Crippen MR) is 149 cm³/mol. The Kier molecular flexibility index (Phi) is 8.09. The molecule has 0 saturated carbocycles. The first-order chi connectivity index (χ1) is 18.4. The van der Waals surface area contributed by atoms with Gasteiger partial charge < -0.3 is 23.8 Å². The minimum absolute atomic E-state index is 0.0230. The number of esters is 1. The van der Waals surface area contributed by atoms with Gasteiger partial charge in [0.1, 0.15) is 11.9 Å². The molecule has 0 bridgehead atoms. The summed E-state index contributed by atoms with van der Waals surface area (Å²) in [4.78, 5) is 29.1. The molecule has 0 radical (unpaired) electrons. The van der Waals surface area contributed by atoms with Crippen molar-refractivity contribution in [2.75, 3.05) is 26.6 Å². The van der Waals surface area contributed by atoms with Crippen molar-refractivity contribution in [2.24, 2.45) is 0 Å². The summed E-state index contributed by atoms with van der Waals surface area (Å²) in [5.41, 5.74) is 3.48. The SMILES string of the molecule is COc1ccc(CN2C(=O)SC[C@H]2C2(OC)CC(OC(=O)c3ccc(C)cc3-c3cccs3)CCO2)cc1. The summed E-state index contributed by atoms with van der Waals surface area (Å²) in [6, 6.07) is 17.1. The zero-order valence-corrected chi connectivity index (χ0v) is 23.3. The molecular formula is C29H31NO6S2. The third-order valence-electron chi connectivity index (χ3n) is 7.09. The molecule has 7 nitrogen and oxygen atoms in total. The first kappa shape index (κ1) is 26.7. The van der Waals surface area contributed by atoms with Gasteiger partial charge in [0.25, 0.3) is 5.24 Å². The number of hydrogen-bond acceptors (Lipinski definition) is 8. The Hall–Kier alpha value is -2.85. The number of nitrogens with zero attached hydrogens (tertiary/aromatic N) is 1. The van der Waals surface area contributed by atoms with Crippen molar-refractivity contribution in [3.63, 3.8) is 0 Å². The lowest BCUT2D eigenvalue weighted by Gasteiger charge is -2.45. The predicted octanol–water partition coefficient (Wildman–Crippen LogP) is 6.15. The van der Waals surface area contributed by atoms with Crippen molar-refractivity contribution in [3.05, 3.63) is 76.7 Å². The molecule has 2 unspecified atom stereocenters. The topological polar surface area (TPSA) is 74.3 Å². The zero-order chi connectivity index (χ0) is 26.7. The smallest absolute Gasteiger partial charge is 0.339 e. The molecule has 3 atom stereocenters. The third-order valence-corrected chi connectivity index (χ3v) is 8.96. The molecule has 200 valence electrons. The normalized spacial score (nSPS) is 23.4. The molecule has 2 fully saturated rings. The van der Waals surface area contributed by atoms with Gasteiger partial charge in [0.15, 0.2) is 5.79 Å². The van der Waals surface area contributed by atoms with Crippen LogP contribution >= 0.6 is 23.1 Å². The van der Waals surface area contributed by atoms with Crippen LogP contribution in [0.3, 0.4) is 0 Å². The largest absolute Gasteiger partial charge is 0.497 e. The van der Waals surface area contributed by atoms with Crippen LogP contribution in [0, 0.1) is 6.92 Å². The molecule has 2 aromatic carbocycles. The lowest BCUT2D eigenvalue weighted by atomic mass is 9.94. The van der Waals surface area contributed by atoms with Gasteiger partial charge in [-0.3, -0.25) is 4.79 Å². The first-order valence-corrected chi connectivity index (χ1v) is 14.4. The lowest BCUT2D eigenvalue weighted by molar-refractivity contribution is -0.280. The number of ether oxygens (including phenoxy) is 4. The maximum atomic E-state index is 13.4. The van der Waals surface area contributed by atoms with Gasteiger partial charge in [0.2, 0.25) is 0 Å². The number of carbonyl (C=O) groups excluding carboxylic acids is 2. The highest BCUT2D eigenvalue weighted by molar-refractivity contribution is 8.13. The monoisotopic (exact) mass is 553 g/mol. The van der Waals surface area contributed by atoms with Gasteiger partial charge in [0.05, 0.1) is 25.3 Å². The molecule has 5 rings (SSSR count). The van der Waals surface area contributed by atoms with Crippen LogP contribution in [0.25, 0.3) is 10.4 Å². The maximum Gasteiger partial charge on any atom is 0.339 e. The van der Waals surface area contributed by atoms with Gasteiger partial charge in [-0.1, -0.05) is 41.6 Å². The highest BCUT2D eigenvalue weighted by Gasteiger charge is 2.52. The minimum atomic E-state index is -1.07. The molecule has 3 heterocycles. The number of carbonyl (C=O) groups is 2. The molecule has 9 heteroatoms. The quantitative estimate of drug-likeness (QED) is 0.310. The average Bonchev–Trinajstić information content (AvgIpc) is 3.60. The average molecular weight is 554 g/mol. The van der Waals surface area contributed by atoms with E-state index in [1.54, 1.807) is 30.5 Å². The van der Waals surface area contributed by atoms with E-state index in [1.807, 2.05) is 66.9 Å². The summed E-state index contributed by atoms with van der Waals surface area (Å²) >= 11 is 2.85. The number of thiophene rings is 1. The first-order valence-electron chi connectivity index (χ1n) is 12.5. The van der Waals surface area contributed by atoms with Gasteiger partial charge in [0, 0.05) is 42.7 Å². The van der Waals surface area contributed by atoms with E-state index in [0.717, 1.165) is 27.3 Å². The van der Waals surface area contributed by atoms with E-state index in [4.69, 9.17) is 18.9 Å². The van der Waals surface area contributed by atoms with Crippen molar-refractivity contribution in [1.82, 2.24) is 4.90 Å². The van der Waals surface area contributed by atoms with Crippen LogP contribution in [0.2, 0.25) is 0 Å². The molecule has 0 spiro atoms. The molecule has 2 aliphatic rings. The molecule has 38 heavy (non-hydrogen) atoms. The number of rotatable bonds is 8. The lowest BCUT2D eigenvalue weighted by Crippen LogP contribution is -2.58. The van der Waals surface area contributed by atoms with E-state index < -0.39 is 11.9 Å². The van der Waals surface area contributed by atoms with Crippen LogP contribution in [0.1, 0.15) is 34.3 Å². The van der Waals surface area contributed by atoms with Crippen molar-refractivity contribution in [2.45, 2.75) is 44.2 Å². The summed E-state index contributed by atoms with van der Waals surface area (Å²) < 4.78 is 23.5. The fourth-order valence-corrected chi connectivity index (χ4v) is 6.90. The van der Waals surface area contributed by atoms with Gasteiger partial charge in [-0.25, -0.2) is 4.79 Å². The highest BCUT2D eigenvalue weighted by Crippen LogP contribution is 2.41. The minimum Gasteiger partial charge on any atom is -0.497 e. The fraction of sp³-hybridized carbons (Fsp3) is 0.379. The Morgan fingerprint density at radius 2 is 1.97 bits per heavy atom. The van der Waals surface area contributed by atoms with E-state index in [0.29, 0.717) is 37.3 Å². The van der Waals surface area contributed by atoms with E-state index in [2.05, 4.69) is 0 Å². The number of thioether (sulfide) groups is 1. The van der Waals surface area contributed by atoms with Crippen LogP contribution in [0.15, 0.2) is 60.0 Å². The van der Waals surface area contributed by atoms with Crippen molar-refractivity contribution < 1.29 is 28.5 Å². The molecule has 1 aromatic heterocycles.